The van der Waals surface area contributed by atoms with Crippen LogP contribution in [0.5, 0.6) is 5.75 Å². The van der Waals surface area contributed by atoms with Gasteiger partial charge in [0, 0.05) is 18.2 Å². The number of rotatable bonds is 4. The van der Waals surface area contributed by atoms with Gasteiger partial charge in [-0.05, 0) is 19.9 Å². The summed E-state index contributed by atoms with van der Waals surface area (Å²) in [4.78, 5) is 39.4. The summed E-state index contributed by atoms with van der Waals surface area (Å²) in [6, 6.07) is 6.77. The van der Waals surface area contributed by atoms with Gasteiger partial charge in [-0.1, -0.05) is 18.2 Å². The predicted octanol–water partition coefficient (Wildman–Crippen LogP) is 0.892. The molecule has 134 valence electrons. The van der Waals surface area contributed by atoms with Crippen molar-refractivity contribution in [3.05, 3.63) is 29.8 Å². The Labute approximate surface area is 146 Å². The Kier molecular flexibility index (Phi) is 4.28. The molecular weight excluding hydrogens is 324 g/mol. The van der Waals surface area contributed by atoms with Crippen molar-refractivity contribution < 1.29 is 23.9 Å². The van der Waals surface area contributed by atoms with E-state index in [-0.39, 0.29) is 18.4 Å². The van der Waals surface area contributed by atoms with Crippen LogP contribution in [0.3, 0.4) is 0 Å². The van der Waals surface area contributed by atoms with Gasteiger partial charge < -0.3 is 9.47 Å². The van der Waals surface area contributed by atoms with E-state index in [1.54, 1.807) is 27.0 Å². The molecule has 2 saturated heterocycles. The molecule has 0 aliphatic carbocycles. The van der Waals surface area contributed by atoms with E-state index < -0.39 is 29.4 Å². The topological polar surface area (TPSA) is 84.9 Å². The molecule has 0 saturated carbocycles. The number of hydrogen-bond acceptors (Lipinski definition) is 6. The predicted molar refractivity (Wildman–Crippen MR) is 88.7 cm³/mol. The molecule has 7 nitrogen and oxygen atoms in total. The van der Waals surface area contributed by atoms with E-state index in [0.29, 0.717) is 5.75 Å². The molecular formula is C18H22N2O5. The maximum atomic E-state index is 12.9. The summed E-state index contributed by atoms with van der Waals surface area (Å²) in [7, 11) is 2.82. The first-order valence-corrected chi connectivity index (χ1v) is 8.25. The molecule has 1 aromatic rings. The van der Waals surface area contributed by atoms with Crippen LogP contribution in [-0.2, 0) is 19.1 Å². The Morgan fingerprint density at radius 1 is 1.24 bits per heavy atom. The molecule has 0 radical (unpaired) electrons. The fraction of sp³-hybridized carbons (Fsp3) is 0.500. The standard InChI is InChI=1S/C18H22N2O5/c1-5-20-15(21)12-13(16(20)22)18(2,17(23)25-4)19-14(12)10-8-6-7-9-11(10)24-3/h6-9,12-14,19H,5H2,1-4H3/t12-,13+,14-,18+/m0/s1. The van der Waals surface area contributed by atoms with Crippen molar-refractivity contribution in [3.63, 3.8) is 0 Å². The number of likely N-dealkylation sites (tertiary alicyclic amines) is 1. The average Bonchev–Trinajstić information content (AvgIpc) is 3.08. The second-order valence-corrected chi connectivity index (χ2v) is 6.48. The molecule has 0 aromatic heterocycles. The second-order valence-electron chi connectivity index (χ2n) is 6.48. The fourth-order valence-electron chi connectivity index (χ4n) is 4.10. The molecule has 0 spiro atoms. The number of imide groups is 1. The van der Waals surface area contributed by atoms with Crippen LogP contribution in [0.1, 0.15) is 25.5 Å². The molecule has 1 N–H and O–H groups in total. The van der Waals surface area contributed by atoms with Crippen molar-refractivity contribution in [1.82, 2.24) is 10.2 Å². The van der Waals surface area contributed by atoms with Gasteiger partial charge in [0.15, 0.2) is 0 Å². The van der Waals surface area contributed by atoms with Crippen molar-refractivity contribution >= 4 is 17.8 Å². The van der Waals surface area contributed by atoms with Crippen molar-refractivity contribution in [2.24, 2.45) is 11.8 Å². The zero-order valence-corrected chi connectivity index (χ0v) is 14.7. The third-order valence-corrected chi connectivity index (χ3v) is 5.28. The SMILES string of the molecule is CCN1C(=O)[C@@H]2[C@H](c3ccccc3OC)N[C@@](C)(C(=O)OC)[C@H]2C1=O. The first-order chi connectivity index (χ1) is 11.9. The number of ether oxygens (including phenoxy) is 2. The number of nitrogens with zero attached hydrogens (tertiary/aromatic N) is 1. The van der Waals surface area contributed by atoms with E-state index in [2.05, 4.69) is 5.32 Å². The number of benzene rings is 1. The highest BCUT2D eigenvalue weighted by molar-refractivity contribution is 6.09. The third kappa shape index (κ3) is 2.33. The van der Waals surface area contributed by atoms with Gasteiger partial charge in [-0.15, -0.1) is 0 Å². The molecule has 1 aromatic carbocycles. The van der Waals surface area contributed by atoms with Gasteiger partial charge in [-0.25, -0.2) is 0 Å². The van der Waals surface area contributed by atoms with Gasteiger partial charge in [-0.2, -0.15) is 0 Å². The Bertz CT molecular complexity index is 734. The van der Waals surface area contributed by atoms with Crippen molar-refractivity contribution in [1.29, 1.82) is 0 Å². The number of hydrogen-bond donors (Lipinski definition) is 1. The summed E-state index contributed by atoms with van der Waals surface area (Å²) in [5, 5.41) is 3.19. The van der Waals surface area contributed by atoms with Gasteiger partial charge in [0.05, 0.1) is 26.1 Å². The highest BCUT2D eigenvalue weighted by Crippen LogP contribution is 2.50. The quantitative estimate of drug-likeness (QED) is 0.644. The van der Waals surface area contributed by atoms with Crippen LogP contribution >= 0.6 is 0 Å². The summed E-state index contributed by atoms with van der Waals surface area (Å²) in [6.45, 7) is 3.65. The van der Waals surface area contributed by atoms with Crippen LogP contribution in [0.2, 0.25) is 0 Å². The normalized spacial score (nSPS) is 31.2. The van der Waals surface area contributed by atoms with Crippen LogP contribution < -0.4 is 10.1 Å². The average molecular weight is 346 g/mol. The molecule has 0 bridgehead atoms. The Hall–Kier alpha value is -2.41. The molecule has 2 fully saturated rings. The number of amides is 2. The monoisotopic (exact) mass is 346 g/mol. The summed E-state index contributed by atoms with van der Waals surface area (Å²) >= 11 is 0. The Morgan fingerprint density at radius 3 is 2.52 bits per heavy atom. The van der Waals surface area contributed by atoms with E-state index >= 15 is 0 Å². The molecule has 3 rings (SSSR count). The highest BCUT2D eigenvalue weighted by Gasteiger charge is 2.66. The maximum Gasteiger partial charge on any atom is 0.326 e. The zero-order valence-electron chi connectivity index (χ0n) is 14.7. The minimum absolute atomic E-state index is 0.270. The van der Waals surface area contributed by atoms with Crippen LogP contribution in [0.15, 0.2) is 24.3 Å². The van der Waals surface area contributed by atoms with Crippen molar-refractivity contribution in [3.8, 4) is 5.75 Å². The number of para-hydroxylation sites is 1. The molecule has 2 amide bonds. The molecule has 4 atom stereocenters. The fourth-order valence-corrected chi connectivity index (χ4v) is 4.10. The lowest BCUT2D eigenvalue weighted by molar-refractivity contribution is -0.153. The molecule has 2 aliphatic rings. The molecule has 2 heterocycles. The second kappa shape index (κ2) is 6.15. The number of esters is 1. The van der Waals surface area contributed by atoms with Crippen LogP contribution in [0.4, 0.5) is 0 Å². The summed E-state index contributed by atoms with van der Waals surface area (Å²) < 4.78 is 10.3. The van der Waals surface area contributed by atoms with Crippen LogP contribution in [-0.4, -0.2) is 49.0 Å². The van der Waals surface area contributed by atoms with Gasteiger partial charge in [0.1, 0.15) is 11.3 Å². The highest BCUT2D eigenvalue weighted by atomic mass is 16.5. The summed E-state index contributed by atoms with van der Waals surface area (Å²) in [5.74, 6) is -2.04. The lowest BCUT2D eigenvalue weighted by Crippen LogP contribution is -2.53. The molecule has 25 heavy (non-hydrogen) atoms. The van der Waals surface area contributed by atoms with Crippen LogP contribution in [0, 0.1) is 11.8 Å². The summed E-state index contributed by atoms with van der Waals surface area (Å²) in [6.07, 6.45) is 0. The molecule has 0 unspecified atom stereocenters. The van der Waals surface area contributed by atoms with Gasteiger partial charge in [-0.3, -0.25) is 24.6 Å². The van der Waals surface area contributed by atoms with E-state index in [1.165, 1.54) is 12.0 Å². The summed E-state index contributed by atoms with van der Waals surface area (Å²) in [5.41, 5.74) is -0.534. The number of fused-ring (bicyclic) bond motifs is 1. The van der Waals surface area contributed by atoms with Crippen molar-refractivity contribution in [2.45, 2.75) is 25.4 Å². The number of carbonyl (C=O) groups excluding carboxylic acids is 3. The lowest BCUT2D eigenvalue weighted by atomic mass is 9.80. The Morgan fingerprint density at radius 2 is 1.92 bits per heavy atom. The van der Waals surface area contributed by atoms with E-state index in [9.17, 15) is 14.4 Å². The zero-order chi connectivity index (χ0) is 18.4. The maximum absolute atomic E-state index is 12.9. The van der Waals surface area contributed by atoms with Crippen LogP contribution in [0.25, 0.3) is 0 Å². The first kappa shape index (κ1) is 17.4. The smallest absolute Gasteiger partial charge is 0.326 e. The minimum atomic E-state index is -1.28. The van der Waals surface area contributed by atoms with Gasteiger partial charge in [0.25, 0.3) is 0 Å². The number of nitrogens with one attached hydrogen (secondary N) is 1. The van der Waals surface area contributed by atoms with Gasteiger partial charge >= 0.3 is 5.97 Å². The van der Waals surface area contributed by atoms with Gasteiger partial charge in [0.2, 0.25) is 11.8 Å². The third-order valence-electron chi connectivity index (χ3n) is 5.28. The lowest BCUT2D eigenvalue weighted by Gasteiger charge is -2.28. The number of carbonyl (C=O) groups is 3. The van der Waals surface area contributed by atoms with E-state index in [1.807, 2.05) is 18.2 Å². The minimum Gasteiger partial charge on any atom is -0.496 e. The van der Waals surface area contributed by atoms with E-state index in [4.69, 9.17) is 9.47 Å². The molecule has 7 heteroatoms. The Balaban J connectivity index is 2.14. The van der Waals surface area contributed by atoms with E-state index in [0.717, 1.165) is 5.56 Å². The first-order valence-electron chi connectivity index (χ1n) is 8.25. The largest absolute Gasteiger partial charge is 0.496 e. The van der Waals surface area contributed by atoms with Crippen molar-refractivity contribution in [2.75, 3.05) is 20.8 Å². The number of methoxy groups -OCH3 is 2. The molecule has 2 aliphatic heterocycles.